The summed E-state index contributed by atoms with van der Waals surface area (Å²) in [4.78, 5) is 4.70. The van der Waals surface area contributed by atoms with Crippen LogP contribution in [0.5, 0.6) is 5.75 Å². The number of hydrogen-bond acceptors (Lipinski definition) is 6. The van der Waals surface area contributed by atoms with Crippen molar-refractivity contribution in [3.05, 3.63) is 42.5 Å². The van der Waals surface area contributed by atoms with Gasteiger partial charge in [0.2, 0.25) is 0 Å². The maximum atomic E-state index is 5.33. The van der Waals surface area contributed by atoms with Gasteiger partial charge in [0.1, 0.15) is 5.75 Å². The Morgan fingerprint density at radius 2 is 1.86 bits per heavy atom. The molecule has 102 valence electrons. The summed E-state index contributed by atoms with van der Waals surface area (Å²) >= 11 is 1.28. The van der Waals surface area contributed by atoms with E-state index in [4.69, 9.17) is 9.72 Å². The third-order valence-electron chi connectivity index (χ3n) is 3.40. The van der Waals surface area contributed by atoms with Crippen LogP contribution in [0.3, 0.4) is 0 Å². The van der Waals surface area contributed by atoms with E-state index in [1.165, 1.54) is 11.5 Å². The van der Waals surface area contributed by atoms with Crippen molar-refractivity contribution in [2.75, 3.05) is 7.11 Å². The molecule has 0 aliphatic carbocycles. The highest BCUT2D eigenvalue weighted by atomic mass is 32.1. The Morgan fingerprint density at radius 3 is 2.67 bits per heavy atom. The summed E-state index contributed by atoms with van der Waals surface area (Å²) in [6.45, 7) is 0. The third-order valence-corrected chi connectivity index (χ3v) is 4.01. The number of methoxy groups -OCH3 is 1. The van der Waals surface area contributed by atoms with Crippen LogP contribution in [-0.2, 0) is 0 Å². The fraction of sp³-hybridized carbons (Fsp3) is 0.0667. The number of nitrogens with zero attached hydrogens (tertiary/aromatic N) is 4. The van der Waals surface area contributed by atoms with Crippen LogP contribution in [-0.4, -0.2) is 26.9 Å². The van der Waals surface area contributed by atoms with Crippen LogP contribution in [0, 0.1) is 0 Å². The molecule has 5 nitrogen and oxygen atoms in total. The molecule has 0 N–H and O–H groups in total. The fourth-order valence-electron chi connectivity index (χ4n) is 2.46. The van der Waals surface area contributed by atoms with Crippen LogP contribution in [0.2, 0.25) is 0 Å². The smallest absolute Gasteiger partial charge is 0.169 e. The number of ether oxygens (including phenoxy) is 1. The van der Waals surface area contributed by atoms with E-state index in [9.17, 15) is 0 Å². The summed E-state index contributed by atoms with van der Waals surface area (Å²) in [6, 6.07) is 13.9. The highest BCUT2D eigenvalue weighted by Crippen LogP contribution is 2.36. The molecule has 0 aliphatic heterocycles. The van der Waals surface area contributed by atoms with Gasteiger partial charge in [0.25, 0.3) is 0 Å². The van der Waals surface area contributed by atoms with Crippen molar-refractivity contribution in [3.8, 4) is 16.3 Å². The summed E-state index contributed by atoms with van der Waals surface area (Å²) < 4.78 is 9.21. The molecule has 6 heteroatoms. The van der Waals surface area contributed by atoms with Crippen molar-refractivity contribution >= 4 is 33.3 Å². The maximum Gasteiger partial charge on any atom is 0.169 e. The van der Waals surface area contributed by atoms with Crippen LogP contribution in [0.1, 0.15) is 0 Å². The number of rotatable bonds is 2. The average Bonchev–Trinajstić information content (AvgIpc) is 3.06. The monoisotopic (exact) mass is 294 g/mol. The van der Waals surface area contributed by atoms with Crippen molar-refractivity contribution in [2.24, 2.45) is 0 Å². The summed E-state index contributed by atoms with van der Waals surface area (Å²) in [7, 11) is 1.65. The number of pyridine rings is 1. The van der Waals surface area contributed by atoms with E-state index in [0.717, 1.165) is 38.1 Å². The third kappa shape index (κ3) is 1.92. The molecule has 0 atom stereocenters. The molecule has 0 unspecified atom stereocenters. The zero-order valence-electron chi connectivity index (χ0n) is 11.1. The van der Waals surface area contributed by atoms with E-state index >= 15 is 0 Å². The zero-order chi connectivity index (χ0) is 14.2. The van der Waals surface area contributed by atoms with E-state index in [1.54, 1.807) is 7.11 Å². The lowest BCUT2D eigenvalue weighted by atomic mass is 10.0. The number of para-hydroxylation sites is 1. The van der Waals surface area contributed by atoms with Crippen molar-refractivity contribution < 1.29 is 4.74 Å². The Labute approximate surface area is 124 Å². The Kier molecular flexibility index (Phi) is 2.75. The minimum Gasteiger partial charge on any atom is -0.497 e. The Balaban J connectivity index is 2.21. The van der Waals surface area contributed by atoms with E-state index in [0.29, 0.717) is 0 Å². The van der Waals surface area contributed by atoms with Crippen LogP contribution < -0.4 is 4.74 Å². The first-order valence-corrected chi connectivity index (χ1v) is 7.16. The van der Waals surface area contributed by atoms with Gasteiger partial charge in [-0.2, -0.15) is 0 Å². The van der Waals surface area contributed by atoms with Crippen molar-refractivity contribution in [2.45, 2.75) is 0 Å². The second-order valence-corrected chi connectivity index (χ2v) is 5.29. The van der Waals surface area contributed by atoms with Crippen LogP contribution in [0.4, 0.5) is 0 Å². The molecule has 0 saturated carbocycles. The minimum absolute atomic E-state index is 0.784. The van der Waals surface area contributed by atoms with Crippen LogP contribution in [0.25, 0.3) is 32.4 Å². The van der Waals surface area contributed by atoms with Gasteiger partial charge in [-0.25, -0.2) is 4.98 Å². The second kappa shape index (κ2) is 4.75. The number of hydrogen-bond donors (Lipinski definition) is 0. The SMILES string of the molecule is COc1ccc2nc3ccccc3c(-c3nnns3)c2c1. The maximum absolute atomic E-state index is 5.33. The van der Waals surface area contributed by atoms with Gasteiger partial charge < -0.3 is 4.74 Å². The normalized spacial score (nSPS) is 11.1. The fourth-order valence-corrected chi connectivity index (χ4v) is 2.99. The van der Waals surface area contributed by atoms with Crippen LogP contribution >= 0.6 is 11.5 Å². The number of fused-ring (bicyclic) bond motifs is 2. The first-order chi connectivity index (χ1) is 10.4. The molecule has 0 spiro atoms. The predicted molar refractivity (Wildman–Crippen MR) is 82.5 cm³/mol. The lowest BCUT2D eigenvalue weighted by Gasteiger charge is -2.09. The van der Waals surface area contributed by atoms with Crippen molar-refractivity contribution in [1.29, 1.82) is 0 Å². The predicted octanol–water partition coefficient (Wildman–Crippen LogP) is 3.31. The van der Waals surface area contributed by atoms with Gasteiger partial charge in [0.15, 0.2) is 5.01 Å². The first kappa shape index (κ1) is 12.2. The molecular weight excluding hydrogens is 284 g/mol. The lowest BCUT2D eigenvalue weighted by molar-refractivity contribution is 0.415. The van der Waals surface area contributed by atoms with Gasteiger partial charge in [-0.3, -0.25) is 0 Å². The molecule has 4 aromatic rings. The number of benzene rings is 2. The molecule has 2 aromatic heterocycles. The number of aromatic nitrogens is 4. The molecular formula is C15H10N4OS. The van der Waals surface area contributed by atoms with E-state index in [1.807, 2.05) is 42.5 Å². The molecule has 0 amide bonds. The molecule has 0 aliphatic rings. The van der Waals surface area contributed by atoms with E-state index in [2.05, 4.69) is 14.8 Å². The molecule has 0 fully saturated rings. The molecule has 4 rings (SSSR count). The van der Waals surface area contributed by atoms with Gasteiger partial charge in [-0.1, -0.05) is 22.7 Å². The first-order valence-electron chi connectivity index (χ1n) is 6.39. The Morgan fingerprint density at radius 1 is 1.00 bits per heavy atom. The molecule has 0 saturated heterocycles. The minimum atomic E-state index is 0.784. The zero-order valence-corrected chi connectivity index (χ0v) is 12.0. The van der Waals surface area contributed by atoms with Crippen molar-refractivity contribution in [1.82, 2.24) is 19.8 Å². The quantitative estimate of drug-likeness (QED) is 0.531. The highest BCUT2D eigenvalue weighted by molar-refractivity contribution is 7.09. The molecule has 2 aromatic carbocycles. The molecule has 21 heavy (non-hydrogen) atoms. The van der Waals surface area contributed by atoms with E-state index < -0.39 is 0 Å². The summed E-state index contributed by atoms with van der Waals surface area (Å²) in [5, 5.41) is 10.7. The second-order valence-electron chi connectivity index (χ2n) is 4.55. The van der Waals surface area contributed by atoms with Gasteiger partial charge in [0.05, 0.1) is 18.1 Å². The molecule has 0 radical (unpaired) electrons. The van der Waals surface area contributed by atoms with Gasteiger partial charge in [0, 0.05) is 27.9 Å². The largest absolute Gasteiger partial charge is 0.497 e. The Hall–Kier alpha value is -2.60. The highest BCUT2D eigenvalue weighted by Gasteiger charge is 2.14. The van der Waals surface area contributed by atoms with Crippen molar-refractivity contribution in [3.63, 3.8) is 0 Å². The molecule has 2 heterocycles. The van der Waals surface area contributed by atoms with Gasteiger partial charge in [-0.15, -0.1) is 5.10 Å². The van der Waals surface area contributed by atoms with Gasteiger partial charge >= 0.3 is 0 Å². The average molecular weight is 294 g/mol. The summed E-state index contributed by atoms with van der Waals surface area (Å²) in [5.74, 6) is 0.790. The van der Waals surface area contributed by atoms with Crippen LogP contribution in [0.15, 0.2) is 42.5 Å². The topological polar surface area (TPSA) is 60.8 Å². The Bertz CT molecular complexity index is 937. The molecule has 0 bridgehead atoms. The summed E-state index contributed by atoms with van der Waals surface area (Å²) in [6.07, 6.45) is 0. The van der Waals surface area contributed by atoms with Gasteiger partial charge in [-0.05, 0) is 29.5 Å². The summed E-state index contributed by atoms with van der Waals surface area (Å²) in [5.41, 5.74) is 2.84. The van der Waals surface area contributed by atoms with E-state index in [-0.39, 0.29) is 0 Å². The lowest BCUT2D eigenvalue weighted by Crippen LogP contribution is -1.90. The standard InChI is InChI=1S/C15H10N4OS/c1-20-9-6-7-13-11(8-9)14(15-17-18-19-21-15)10-4-2-3-5-12(10)16-13/h2-8H,1H3.